The highest BCUT2D eigenvalue weighted by molar-refractivity contribution is 7.20. The van der Waals surface area contributed by atoms with Crippen molar-refractivity contribution in [1.29, 1.82) is 0 Å². The number of ether oxygens (including phenoxy) is 1. The van der Waals surface area contributed by atoms with Crippen LogP contribution in [0.25, 0.3) is 21.1 Å². The molecule has 2 aromatic carbocycles. The van der Waals surface area contributed by atoms with Crippen molar-refractivity contribution in [2.24, 2.45) is 0 Å². The molecule has 2 aromatic heterocycles. The molecule has 0 fully saturated rings. The summed E-state index contributed by atoms with van der Waals surface area (Å²) >= 11 is 1.32. The predicted octanol–water partition coefficient (Wildman–Crippen LogP) is 3.25. The molecule has 8 heteroatoms. The largest absolute Gasteiger partial charge is 0.448 e. The highest BCUT2D eigenvalue weighted by Crippen LogP contribution is 2.26. The Balaban J connectivity index is 1.44. The van der Waals surface area contributed by atoms with Crippen LogP contribution in [0.1, 0.15) is 16.6 Å². The van der Waals surface area contributed by atoms with Gasteiger partial charge in [-0.1, -0.05) is 18.2 Å². The van der Waals surface area contributed by atoms with Crippen molar-refractivity contribution >= 4 is 50.0 Å². The van der Waals surface area contributed by atoms with Crippen LogP contribution in [0.5, 0.6) is 0 Å². The Morgan fingerprint density at radius 3 is 2.67 bits per heavy atom. The molecule has 1 amide bonds. The molecule has 0 bridgehead atoms. The van der Waals surface area contributed by atoms with Gasteiger partial charge in [-0.25, -0.2) is 9.59 Å². The van der Waals surface area contributed by atoms with Gasteiger partial charge in [0.2, 0.25) is 0 Å². The van der Waals surface area contributed by atoms with Crippen LogP contribution in [-0.2, 0) is 9.53 Å². The van der Waals surface area contributed by atoms with Gasteiger partial charge < -0.3 is 20.0 Å². The summed E-state index contributed by atoms with van der Waals surface area (Å²) in [7, 11) is 0. The molecule has 0 spiro atoms. The number of fused-ring (bicyclic) bond motifs is 2. The summed E-state index contributed by atoms with van der Waals surface area (Å²) in [4.78, 5) is 41.6. The molecule has 0 radical (unpaired) electrons. The Hall–Kier alpha value is -3.39. The second-order valence-corrected chi connectivity index (χ2v) is 7.11. The lowest BCUT2D eigenvalue weighted by atomic mass is 10.2. The van der Waals surface area contributed by atoms with E-state index in [9.17, 15) is 14.4 Å². The number of hydrogen-bond donors (Lipinski definition) is 3. The van der Waals surface area contributed by atoms with Gasteiger partial charge in [-0.15, -0.1) is 11.3 Å². The van der Waals surface area contributed by atoms with Crippen molar-refractivity contribution in [1.82, 2.24) is 9.97 Å². The number of hydrogen-bond acceptors (Lipinski definition) is 5. The van der Waals surface area contributed by atoms with Gasteiger partial charge in [0.25, 0.3) is 5.91 Å². The molecular formula is C19H15N3O4S. The Morgan fingerprint density at radius 2 is 1.85 bits per heavy atom. The van der Waals surface area contributed by atoms with E-state index in [1.54, 1.807) is 24.3 Å². The minimum atomic E-state index is -0.969. The topological polar surface area (TPSA) is 104 Å². The molecule has 2 heterocycles. The van der Waals surface area contributed by atoms with Gasteiger partial charge in [0.15, 0.2) is 6.10 Å². The molecule has 27 heavy (non-hydrogen) atoms. The summed E-state index contributed by atoms with van der Waals surface area (Å²) in [5.74, 6) is -0.994. The van der Waals surface area contributed by atoms with E-state index in [2.05, 4.69) is 15.3 Å². The summed E-state index contributed by atoms with van der Waals surface area (Å²) in [6.45, 7) is 1.51. The smallest absolute Gasteiger partial charge is 0.349 e. The SMILES string of the molecule is C[C@@H](OC(=O)c1cc2ccccc2s1)C(=O)Nc1ccc2[nH]c(=O)[nH]c2c1. The first-order chi connectivity index (χ1) is 13.0. The first-order valence-electron chi connectivity index (χ1n) is 8.22. The van der Waals surface area contributed by atoms with E-state index in [1.165, 1.54) is 18.3 Å². The van der Waals surface area contributed by atoms with Gasteiger partial charge in [-0.05, 0) is 42.6 Å². The molecule has 0 aliphatic heterocycles. The first kappa shape index (κ1) is 17.0. The highest BCUT2D eigenvalue weighted by Gasteiger charge is 2.20. The van der Waals surface area contributed by atoms with Crippen molar-refractivity contribution in [3.05, 3.63) is 63.9 Å². The molecule has 4 rings (SSSR count). The molecule has 136 valence electrons. The zero-order valence-electron chi connectivity index (χ0n) is 14.2. The molecule has 0 aliphatic carbocycles. The monoisotopic (exact) mass is 381 g/mol. The Kier molecular flexibility index (Phi) is 4.25. The molecule has 0 saturated carbocycles. The van der Waals surface area contributed by atoms with E-state index >= 15 is 0 Å². The van der Waals surface area contributed by atoms with E-state index in [1.807, 2.05) is 24.3 Å². The summed E-state index contributed by atoms with van der Waals surface area (Å²) in [5, 5.41) is 3.64. The van der Waals surface area contributed by atoms with Gasteiger partial charge in [0, 0.05) is 10.4 Å². The molecule has 1 atom stereocenters. The van der Waals surface area contributed by atoms with Crippen LogP contribution in [0.3, 0.4) is 0 Å². The Morgan fingerprint density at radius 1 is 1.07 bits per heavy atom. The van der Waals surface area contributed by atoms with E-state index < -0.39 is 18.0 Å². The number of rotatable bonds is 4. The van der Waals surface area contributed by atoms with Crippen LogP contribution < -0.4 is 11.0 Å². The Bertz CT molecular complexity index is 1190. The lowest BCUT2D eigenvalue weighted by molar-refractivity contribution is -0.123. The second-order valence-electron chi connectivity index (χ2n) is 6.02. The third-order valence-corrected chi connectivity index (χ3v) is 5.16. The maximum Gasteiger partial charge on any atom is 0.349 e. The van der Waals surface area contributed by atoms with Crippen LogP contribution in [0.2, 0.25) is 0 Å². The number of H-pyrrole nitrogens is 2. The van der Waals surface area contributed by atoms with Crippen molar-refractivity contribution in [2.45, 2.75) is 13.0 Å². The maximum atomic E-state index is 12.3. The average Bonchev–Trinajstić information content (AvgIpc) is 3.23. The fourth-order valence-electron chi connectivity index (χ4n) is 2.71. The molecule has 3 N–H and O–H groups in total. The zero-order valence-corrected chi connectivity index (χ0v) is 15.1. The summed E-state index contributed by atoms with van der Waals surface area (Å²) in [6, 6.07) is 14.4. The van der Waals surface area contributed by atoms with Crippen molar-refractivity contribution in [3.63, 3.8) is 0 Å². The van der Waals surface area contributed by atoms with Crippen LogP contribution in [0, 0.1) is 0 Å². The van der Waals surface area contributed by atoms with Crippen LogP contribution in [-0.4, -0.2) is 27.9 Å². The zero-order chi connectivity index (χ0) is 19.0. The number of anilines is 1. The normalized spacial score (nSPS) is 12.2. The van der Waals surface area contributed by atoms with Gasteiger partial charge in [-0.3, -0.25) is 4.79 Å². The van der Waals surface area contributed by atoms with Gasteiger partial charge in [0.05, 0.1) is 11.0 Å². The van der Waals surface area contributed by atoms with E-state index in [0.717, 1.165) is 10.1 Å². The molecule has 4 aromatic rings. The van der Waals surface area contributed by atoms with E-state index in [-0.39, 0.29) is 5.69 Å². The minimum Gasteiger partial charge on any atom is -0.448 e. The predicted molar refractivity (Wildman–Crippen MR) is 104 cm³/mol. The number of thiophene rings is 1. The quantitative estimate of drug-likeness (QED) is 0.472. The minimum absolute atomic E-state index is 0.320. The molecule has 0 saturated heterocycles. The van der Waals surface area contributed by atoms with E-state index in [4.69, 9.17) is 4.74 Å². The summed E-state index contributed by atoms with van der Waals surface area (Å²) in [5.41, 5.74) is 1.39. The standard InChI is InChI=1S/C19H15N3O4S/c1-10(26-18(24)16-8-11-4-2-3-5-15(11)27-16)17(23)20-12-6-7-13-14(9-12)22-19(25)21-13/h2-10H,1H3,(H,20,23)(H2,21,22,25)/t10-/m1/s1. The van der Waals surface area contributed by atoms with Crippen molar-refractivity contribution in [3.8, 4) is 0 Å². The maximum absolute atomic E-state index is 12.3. The number of carbonyl (C=O) groups excluding carboxylic acids is 2. The van der Waals surface area contributed by atoms with Crippen LogP contribution in [0.15, 0.2) is 53.3 Å². The average molecular weight is 381 g/mol. The number of nitrogens with one attached hydrogen (secondary N) is 3. The summed E-state index contributed by atoms with van der Waals surface area (Å²) in [6.07, 6.45) is -0.969. The number of carbonyl (C=O) groups is 2. The second kappa shape index (κ2) is 6.73. The van der Waals surface area contributed by atoms with E-state index in [0.29, 0.717) is 21.6 Å². The molecule has 7 nitrogen and oxygen atoms in total. The summed E-state index contributed by atoms with van der Waals surface area (Å²) < 4.78 is 6.27. The number of aromatic nitrogens is 2. The highest BCUT2D eigenvalue weighted by atomic mass is 32.1. The van der Waals surface area contributed by atoms with Crippen LogP contribution in [0.4, 0.5) is 5.69 Å². The Labute approximate surface area is 157 Å². The third kappa shape index (κ3) is 3.47. The molecular weight excluding hydrogens is 366 g/mol. The number of imidazole rings is 1. The lowest BCUT2D eigenvalue weighted by Crippen LogP contribution is -2.29. The number of benzene rings is 2. The van der Waals surface area contributed by atoms with Gasteiger partial charge in [-0.2, -0.15) is 0 Å². The third-order valence-electron chi connectivity index (χ3n) is 4.06. The van der Waals surface area contributed by atoms with Gasteiger partial charge >= 0.3 is 11.7 Å². The van der Waals surface area contributed by atoms with Crippen LogP contribution >= 0.6 is 11.3 Å². The number of esters is 1. The molecule has 0 unspecified atom stereocenters. The fourth-order valence-corrected chi connectivity index (χ4v) is 3.65. The fraction of sp³-hybridized carbons (Fsp3) is 0.105. The number of aromatic amines is 2. The van der Waals surface area contributed by atoms with Gasteiger partial charge in [0.1, 0.15) is 4.88 Å². The lowest BCUT2D eigenvalue weighted by Gasteiger charge is -2.13. The molecule has 0 aliphatic rings. The number of amides is 1. The van der Waals surface area contributed by atoms with Crippen molar-refractivity contribution in [2.75, 3.05) is 5.32 Å². The van der Waals surface area contributed by atoms with Crippen molar-refractivity contribution < 1.29 is 14.3 Å². The first-order valence-corrected chi connectivity index (χ1v) is 9.04.